The zero-order valence-corrected chi connectivity index (χ0v) is 11.3. The number of aliphatic hydroxyl groups excluding tert-OH is 1. The quantitative estimate of drug-likeness (QED) is 0.743. The van der Waals surface area contributed by atoms with Crippen LogP contribution < -0.4 is 0 Å². The Labute approximate surface area is 113 Å². The molecule has 2 atom stereocenters. The van der Waals surface area contributed by atoms with Crippen molar-refractivity contribution >= 4 is 11.8 Å². The van der Waals surface area contributed by atoms with E-state index in [-0.39, 0.29) is 29.8 Å². The van der Waals surface area contributed by atoms with Crippen LogP contribution in [0.5, 0.6) is 0 Å². The van der Waals surface area contributed by atoms with E-state index in [4.69, 9.17) is 0 Å². The molecule has 0 aromatic rings. The molecule has 3 rings (SSSR count). The third-order valence-electron chi connectivity index (χ3n) is 4.83. The molecule has 2 heterocycles. The minimum absolute atomic E-state index is 0.0424. The summed E-state index contributed by atoms with van der Waals surface area (Å²) in [5, 5.41) is 9.49. The molecule has 2 saturated heterocycles. The number of nitrogens with zero attached hydrogens (tertiary/aromatic N) is 2. The first kappa shape index (κ1) is 13.1. The molecule has 0 bridgehead atoms. The molecule has 1 aliphatic carbocycles. The average Bonchev–Trinajstić information content (AvgIpc) is 2.67. The molecule has 0 unspecified atom stereocenters. The lowest BCUT2D eigenvalue weighted by atomic mass is 9.81. The number of hydrogen-bond acceptors (Lipinski definition) is 4. The molecule has 1 N–H and O–H groups in total. The van der Waals surface area contributed by atoms with Crippen molar-refractivity contribution < 1.29 is 14.7 Å². The van der Waals surface area contributed by atoms with E-state index in [1.807, 2.05) is 0 Å². The summed E-state index contributed by atoms with van der Waals surface area (Å²) < 4.78 is 0. The van der Waals surface area contributed by atoms with Crippen LogP contribution >= 0.6 is 0 Å². The van der Waals surface area contributed by atoms with Crippen LogP contribution in [-0.2, 0) is 9.59 Å². The summed E-state index contributed by atoms with van der Waals surface area (Å²) in [6.07, 6.45) is 5.17. The van der Waals surface area contributed by atoms with Crippen molar-refractivity contribution in [2.75, 3.05) is 19.8 Å². The van der Waals surface area contributed by atoms with Crippen molar-refractivity contribution in [3.05, 3.63) is 0 Å². The predicted molar refractivity (Wildman–Crippen MR) is 69.0 cm³/mol. The summed E-state index contributed by atoms with van der Waals surface area (Å²) in [7, 11) is 0. The van der Waals surface area contributed by atoms with Crippen LogP contribution in [0.3, 0.4) is 0 Å². The first-order valence-electron chi connectivity index (χ1n) is 7.42. The second kappa shape index (κ2) is 5.21. The summed E-state index contributed by atoms with van der Waals surface area (Å²) in [5.41, 5.74) is 0. The maximum Gasteiger partial charge on any atom is 0.234 e. The summed E-state index contributed by atoms with van der Waals surface area (Å²) >= 11 is 0. The van der Waals surface area contributed by atoms with Gasteiger partial charge < -0.3 is 5.11 Å². The number of piperidine rings is 1. The average molecular weight is 266 g/mol. The van der Waals surface area contributed by atoms with Gasteiger partial charge in [0, 0.05) is 13.1 Å². The number of imide groups is 1. The molecule has 2 amide bonds. The predicted octanol–water partition coefficient (Wildman–Crippen LogP) is 0.576. The summed E-state index contributed by atoms with van der Waals surface area (Å²) in [5.74, 6) is -0.00472. The topological polar surface area (TPSA) is 60.9 Å². The first-order chi connectivity index (χ1) is 9.16. The Morgan fingerprint density at radius 2 is 1.47 bits per heavy atom. The van der Waals surface area contributed by atoms with Crippen LogP contribution in [0.2, 0.25) is 0 Å². The van der Waals surface area contributed by atoms with Crippen LogP contribution in [0.1, 0.15) is 38.5 Å². The number of fused-ring (bicyclic) bond motifs is 1. The third-order valence-corrected chi connectivity index (χ3v) is 4.83. The van der Waals surface area contributed by atoms with Crippen LogP contribution in [-0.4, -0.2) is 52.6 Å². The van der Waals surface area contributed by atoms with Gasteiger partial charge in [0.1, 0.15) is 0 Å². The highest BCUT2D eigenvalue weighted by atomic mass is 16.3. The van der Waals surface area contributed by atoms with E-state index in [9.17, 15) is 14.7 Å². The smallest absolute Gasteiger partial charge is 0.234 e. The van der Waals surface area contributed by atoms with E-state index in [1.54, 1.807) is 0 Å². The van der Waals surface area contributed by atoms with Gasteiger partial charge in [-0.05, 0) is 25.7 Å². The van der Waals surface area contributed by atoms with Gasteiger partial charge in [-0.2, -0.15) is 0 Å². The molecule has 5 nitrogen and oxygen atoms in total. The Hall–Kier alpha value is -0.940. The fourth-order valence-corrected chi connectivity index (χ4v) is 3.63. The van der Waals surface area contributed by atoms with Crippen molar-refractivity contribution in [3.63, 3.8) is 0 Å². The van der Waals surface area contributed by atoms with E-state index >= 15 is 0 Å². The van der Waals surface area contributed by atoms with Gasteiger partial charge in [0.2, 0.25) is 11.8 Å². The molecule has 1 saturated carbocycles. The Kier molecular flexibility index (Phi) is 3.58. The fourth-order valence-electron chi connectivity index (χ4n) is 3.63. The normalized spacial score (nSPS) is 33.8. The van der Waals surface area contributed by atoms with E-state index in [1.165, 1.54) is 4.90 Å². The molecule has 2 aliphatic heterocycles. The molecular formula is C14H22N2O3. The minimum Gasteiger partial charge on any atom is -0.393 e. The highest BCUT2D eigenvalue weighted by molar-refractivity contribution is 6.05. The number of carbonyl (C=O) groups is 2. The molecule has 0 radical (unpaired) electrons. The first-order valence-corrected chi connectivity index (χ1v) is 7.42. The Morgan fingerprint density at radius 3 is 2.00 bits per heavy atom. The standard InChI is InChI=1S/C14H22N2O3/c17-10-5-7-15(8-6-10)9-16-13(18)11-3-1-2-4-12(11)14(16)19/h10-12,17H,1-9H2/t11-,12+. The Balaban J connectivity index is 1.64. The van der Waals surface area contributed by atoms with E-state index < -0.39 is 0 Å². The van der Waals surface area contributed by atoms with Crippen LogP contribution in [0.15, 0.2) is 0 Å². The van der Waals surface area contributed by atoms with Gasteiger partial charge in [-0.15, -0.1) is 0 Å². The number of likely N-dealkylation sites (tertiary alicyclic amines) is 2. The van der Waals surface area contributed by atoms with E-state index in [0.29, 0.717) is 6.67 Å². The van der Waals surface area contributed by atoms with Crippen LogP contribution in [0, 0.1) is 11.8 Å². The molecule has 19 heavy (non-hydrogen) atoms. The van der Waals surface area contributed by atoms with Gasteiger partial charge in [-0.3, -0.25) is 19.4 Å². The summed E-state index contributed by atoms with van der Waals surface area (Å²) in [4.78, 5) is 28.2. The van der Waals surface area contributed by atoms with Crippen LogP contribution in [0.4, 0.5) is 0 Å². The number of carbonyl (C=O) groups excluding carboxylic acids is 2. The molecule has 106 valence electrons. The van der Waals surface area contributed by atoms with E-state index in [2.05, 4.69) is 4.90 Å². The fraction of sp³-hybridized carbons (Fsp3) is 0.857. The van der Waals surface area contributed by atoms with E-state index in [0.717, 1.165) is 51.6 Å². The van der Waals surface area contributed by atoms with Crippen molar-refractivity contribution in [2.24, 2.45) is 11.8 Å². The number of rotatable bonds is 2. The SMILES string of the molecule is O=C1[C@H]2CCCC[C@H]2C(=O)N1CN1CCC(O)CC1. The minimum atomic E-state index is -0.219. The highest BCUT2D eigenvalue weighted by Gasteiger charge is 2.48. The highest BCUT2D eigenvalue weighted by Crippen LogP contribution is 2.38. The molecule has 0 aromatic heterocycles. The van der Waals surface area contributed by atoms with Gasteiger partial charge in [0.15, 0.2) is 0 Å². The molecule has 3 aliphatic rings. The number of hydrogen-bond donors (Lipinski definition) is 1. The van der Waals surface area contributed by atoms with Gasteiger partial charge in [0.05, 0.1) is 24.6 Å². The molecule has 0 aromatic carbocycles. The number of amides is 2. The van der Waals surface area contributed by atoms with Crippen molar-refractivity contribution in [3.8, 4) is 0 Å². The zero-order valence-electron chi connectivity index (χ0n) is 11.3. The van der Waals surface area contributed by atoms with Crippen molar-refractivity contribution in [1.29, 1.82) is 0 Å². The lowest BCUT2D eigenvalue weighted by molar-refractivity contribution is -0.142. The summed E-state index contributed by atoms with van der Waals surface area (Å²) in [6.45, 7) is 1.97. The van der Waals surface area contributed by atoms with Gasteiger partial charge in [-0.1, -0.05) is 12.8 Å². The third kappa shape index (κ3) is 2.41. The second-order valence-electron chi connectivity index (χ2n) is 6.09. The van der Waals surface area contributed by atoms with Crippen LogP contribution in [0.25, 0.3) is 0 Å². The molecular weight excluding hydrogens is 244 g/mol. The van der Waals surface area contributed by atoms with Gasteiger partial charge >= 0.3 is 0 Å². The maximum absolute atomic E-state index is 12.3. The van der Waals surface area contributed by atoms with Crippen molar-refractivity contribution in [2.45, 2.75) is 44.6 Å². The van der Waals surface area contributed by atoms with Gasteiger partial charge in [0.25, 0.3) is 0 Å². The molecule has 5 heteroatoms. The number of aliphatic hydroxyl groups is 1. The lowest BCUT2D eigenvalue weighted by Crippen LogP contribution is -2.45. The maximum atomic E-state index is 12.3. The largest absolute Gasteiger partial charge is 0.393 e. The lowest BCUT2D eigenvalue weighted by Gasteiger charge is -2.32. The Morgan fingerprint density at radius 1 is 0.947 bits per heavy atom. The molecule has 3 fully saturated rings. The monoisotopic (exact) mass is 266 g/mol. The Bertz CT molecular complexity index is 353. The second-order valence-corrected chi connectivity index (χ2v) is 6.09. The van der Waals surface area contributed by atoms with Gasteiger partial charge in [-0.25, -0.2) is 0 Å². The summed E-state index contributed by atoms with van der Waals surface area (Å²) in [6, 6.07) is 0. The van der Waals surface area contributed by atoms with Crippen molar-refractivity contribution in [1.82, 2.24) is 9.80 Å². The molecule has 0 spiro atoms. The zero-order chi connectivity index (χ0) is 13.4.